The molecule has 1 aliphatic rings. The highest BCUT2D eigenvalue weighted by Gasteiger charge is 2.21. The highest BCUT2D eigenvalue weighted by atomic mass is 127. The zero-order valence-corrected chi connectivity index (χ0v) is 10.2. The van der Waals surface area contributed by atoms with E-state index in [0.29, 0.717) is 0 Å². The largest absolute Gasteiger partial charge is 0.329 e. The Hall–Kier alpha value is -0.170. The summed E-state index contributed by atoms with van der Waals surface area (Å²) >= 11 is 3.54. The second-order valence-electron chi connectivity index (χ2n) is 3.03. The maximum Gasteiger partial charge on any atom is 0.283 e. The van der Waals surface area contributed by atoms with Crippen LogP contribution >= 0.6 is 33.9 Å². The minimum absolute atomic E-state index is 0.134. The second-order valence-corrected chi connectivity index (χ2v) is 5.24. The first-order chi connectivity index (χ1) is 6.16. The zero-order valence-electron chi connectivity index (χ0n) is 7.21. The van der Waals surface area contributed by atoms with Crippen LogP contribution in [0.5, 0.6) is 0 Å². The van der Waals surface area contributed by atoms with Gasteiger partial charge in [-0.1, -0.05) is 0 Å². The number of nitrogens with zero attached hydrogens (tertiary/aromatic N) is 2. The number of halogens is 1. The molecule has 1 aliphatic heterocycles. The van der Waals surface area contributed by atoms with Crippen molar-refractivity contribution >= 4 is 37.8 Å². The van der Waals surface area contributed by atoms with Crippen LogP contribution in [-0.4, -0.2) is 20.3 Å². The molecule has 3 nitrogen and oxygen atoms in total. The van der Waals surface area contributed by atoms with Gasteiger partial charge in [-0.25, -0.2) is 4.98 Å². The summed E-state index contributed by atoms with van der Waals surface area (Å²) in [4.78, 5) is 18.7. The van der Waals surface area contributed by atoms with Crippen molar-refractivity contribution in [1.29, 1.82) is 0 Å². The number of amides is 1. The Morgan fingerprint density at radius 1 is 1.69 bits per heavy atom. The van der Waals surface area contributed by atoms with E-state index in [2.05, 4.69) is 4.98 Å². The van der Waals surface area contributed by atoms with E-state index >= 15 is 0 Å². The SMILES string of the molecule is Cc1nc2c(s1)CN(C(=O)I)CC2. The molecular weight excluding hydrogens is 299 g/mol. The third-order valence-electron chi connectivity index (χ3n) is 2.09. The minimum atomic E-state index is 0.134. The van der Waals surface area contributed by atoms with Crippen LogP contribution < -0.4 is 0 Å². The van der Waals surface area contributed by atoms with Gasteiger partial charge < -0.3 is 4.90 Å². The van der Waals surface area contributed by atoms with E-state index < -0.39 is 0 Å². The summed E-state index contributed by atoms with van der Waals surface area (Å²) in [7, 11) is 0. The van der Waals surface area contributed by atoms with E-state index in [-0.39, 0.29) is 3.91 Å². The van der Waals surface area contributed by atoms with Gasteiger partial charge in [0.25, 0.3) is 3.91 Å². The minimum Gasteiger partial charge on any atom is -0.329 e. The van der Waals surface area contributed by atoms with E-state index in [1.807, 2.05) is 34.4 Å². The van der Waals surface area contributed by atoms with Crippen molar-refractivity contribution in [1.82, 2.24) is 9.88 Å². The molecule has 1 amide bonds. The number of carbonyl (C=O) groups is 1. The molecule has 0 atom stereocenters. The van der Waals surface area contributed by atoms with Crippen LogP contribution in [0.15, 0.2) is 0 Å². The first kappa shape index (κ1) is 9.39. The van der Waals surface area contributed by atoms with Gasteiger partial charge in [0, 0.05) is 40.4 Å². The number of aromatic nitrogens is 1. The standard InChI is InChI=1S/C8H9IN2OS/c1-5-10-6-2-3-11(8(9)12)4-7(6)13-5/h2-4H2,1H3. The Balaban J connectivity index is 2.24. The number of thiazole rings is 1. The summed E-state index contributed by atoms with van der Waals surface area (Å²) in [6.07, 6.45) is 0.911. The molecule has 0 aliphatic carbocycles. The normalized spacial score (nSPS) is 15.7. The number of hydrogen-bond donors (Lipinski definition) is 0. The first-order valence-electron chi connectivity index (χ1n) is 4.06. The summed E-state index contributed by atoms with van der Waals surface area (Å²) < 4.78 is 0.134. The van der Waals surface area contributed by atoms with Gasteiger partial charge in [0.1, 0.15) is 0 Å². The molecule has 0 saturated heterocycles. The fraction of sp³-hybridized carbons (Fsp3) is 0.500. The third kappa shape index (κ3) is 1.85. The molecule has 0 fully saturated rings. The summed E-state index contributed by atoms with van der Waals surface area (Å²) in [5, 5.41) is 1.10. The van der Waals surface area contributed by atoms with Crippen LogP contribution in [0.25, 0.3) is 0 Å². The third-order valence-corrected chi connectivity index (χ3v) is 3.77. The average molecular weight is 308 g/mol. The van der Waals surface area contributed by atoms with Crippen molar-refractivity contribution in [2.45, 2.75) is 19.9 Å². The summed E-state index contributed by atoms with van der Waals surface area (Å²) in [6.45, 7) is 3.58. The number of carbonyl (C=O) groups excluding carboxylic acids is 1. The van der Waals surface area contributed by atoms with E-state index in [1.54, 1.807) is 11.3 Å². The average Bonchev–Trinajstić information content (AvgIpc) is 2.42. The van der Waals surface area contributed by atoms with Crippen molar-refractivity contribution in [2.75, 3.05) is 6.54 Å². The lowest BCUT2D eigenvalue weighted by molar-refractivity contribution is 0.221. The molecule has 13 heavy (non-hydrogen) atoms. The highest BCUT2D eigenvalue weighted by Crippen LogP contribution is 2.25. The Kier molecular flexibility index (Phi) is 2.55. The van der Waals surface area contributed by atoms with E-state index in [1.165, 1.54) is 10.6 Å². The van der Waals surface area contributed by atoms with Gasteiger partial charge in [-0.15, -0.1) is 11.3 Å². The van der Waals surface area contributed by atoms with E-state index in [0.717, 1.165) is 24.5 Å². The fourth-order valence-electron chi connectivity index (χ4n) is 1.47. The molecule has 0 N–H and O–H groups in total. The molecule has 0 radical (unpaired) electrons. The molecule has 0 aromatic carbocycles. The van der Waals surface area contributed by atoms with Gasteiger partial charge in [-0.2, -0.15) is 0 Å². The van der Waals surface area contributed by atoms with Gasteiger partial charge in [0.2, 0.25) is 0 Å². The second kappa shape index (κ2) is 3.53. The van der Waals surface area contributed by atoms with Crippen molar-refractivity contribution in [3.05, 3.63) is 15.6 Å². The number of rotatable bonds is 0. The molecule has 70 valence electrons. The maximum absolute atomic E-state index is 11.1. The predicted octanol–water partition coefficient (Wildman–Crippen LogP) is 2.36. The Bertz CT molecular complexity index is 350. The molecule has 0 unspecified atom stereocenters. The lowest BCUT2D eigenvalue weighted by atomic mass is 10.2. The maximum atomic E-state index is 11.1. The molecule has 2 rings (SSSR count). The summed E-state index contributed by atoms with van der Waals surface area (Å²) in [6, 6.07) is 0. The Morgan fingerprint density at radius 2 is 2.46 bits per heavy atom. The van der Waals surface area contributed by atoms with Gasteiger partial charge in [-0.05, 0) is 6.92 Å². The summed E-state index contributed by atoms with van der Waals surface area (Å²) in [5.41, 5.74) is 1.19. The molecule has 5 heteroatoms. The number of hydrogen-bond acceptors (Lipinski definition) is 3. The van der Waals surface area contributed by atoms with Gasteiger partial charge in [-0.3, -0.25) is 4.79 Å². The zero-order chi connectivity index (χ0) is 9.42. The molecule has 0 bridgehead atoms. The predicted molar refractivity (Wildman–Crippen MR) is 60.4 cm³/mol. The van der Waals surface area contributed by atoms with Crippen LogP contribution in [0.1, 0.15) is 15.6 Å². The fourth-order valence-corrected chi connectivity index (χ4v) is 2.88. The topological polar surface area (TPSA) is 33.2 Å². The molecule has 2 heterocycles. The lowest BCUT2D eigenvalue weighted by Crippen LogP contribution is -2.31. The molecular formula is C8H9IN2OS. The van der Waals surface area contributed by atoms with Crippen LogP contribution in [0.3, 0.4) is 0 Å². The van der Waals surface area contributed by atoms with Crippen molar-refractivity contribution in [3.63, 3.8) is 0 Å². The van der Waals surface area contributed by atoms with Crippen molar-refractivity contribution in [3.8, 4) is 0 Å². The number of fused-ring (bicyclic) bond motifs is 1. The smallest absolute Gasteiger partial charge is 0.283 e. The summed E-state index contributed by atoms with van der Waals surface area (Å²) in [5.74, 6) is 0. The molecule has 0 spiro atoms. The van der Waals surface area contributed by atoms with Crippen LogP contribution in [0.4, 0.5) is 4.79 Å². The van der Waals surface area contributed by atoms with Gasteiger partial charge in [0.15, 0.2) is 0 Å². The first-order valence-corrected chi connectivity index (χ1v) is 5.96. The molecule has 1 aromatic heterocycles. The molecule has 0 saturated carbocycles. The van der Waals surface area contributed by atoms with Crippen molar-refractivity contribution in [2.24, 2.45) is 0 Å². The number of aryl methyl sites for hydroxylation is 1. The quantitative estimate of drug-likeness (QED) is 0.419. The van der Waals surface area contributed by atoms with Gasteiger partial charge in [0.05, 0.1) is 17.2 Å². The van der Waals surface area contributed by atoms with Crippen LogP contribution in [0, 0.1) is 6.92 Å². The van der Waals surface area contributed by atoms with Gasteiger partial charge >= 0.3 is 0 Å². The highest BCUT2D eigenvalue weighted by molar-refractivity contribution is 14.1. The van der Waals surface area contributed by atoms with E-state index in [9.17, 15) is 4.79 Å². The van der Waals surface area contributed by atoms with Crippen molar-refractivity contribution < 1.29 is 4.79 Å². The monoisotopic (exact) mass is 308 g/mol. The molecule has 1 aromatic rings. The van der Waals surface area contributed by atoms with Crippen LogP contribution in [-0.2, 0) is 13.0 Å². The van der Waals surface area contributed by atoms with Crippen LogP contribution in [0.2, 0.25) is 0 Å². The lowest BCUT2D eigenvalue weighted by Gasteiger charge is -2.23. The Morgan fingerprint density at radius 3 is 3.15 bits per heavy atom. The van der Waals surface area contributed by atoms with E-state index in [4.69, 9.17) is 0 Å². The Labute approximate surface area is 94.3 Å².